The first-order valence-electron chi connectivity index (χ1n) is 13.6. The van der Waals surface area contributed by atoms with Crippen molar-refractivity contribution in [1.29, 1.82) is 0 Å². The van der Waals surface area contributed by atoms with E-state index in [1.54, 1.807) is 31.2 Å². The highest BCUT2D eigenvalue weighted by molar-refractivity contribution is 7.91. The molecule has 5 rings (SSSR count). The maximum Gasteiger partial charge on any atom is 0.335 e. The van der Waals surface area contributed by atoms with Crippen molar-refractivity contribution in [1.82, 2.24) is 9.55 Å². The number of hydrogen-bond donors (Lipinski definition) is 2. The minimum atomic E-state index is -3.28. The zero-order valence-corrected chi connectivity index (χ0v) is 24.2. The molecule has 0 bridgehead atoms. The molecule has 4 aromatic carbocycles. The van der Waals surface area contributed by atoms with Gasteiger partial charge in [-0.25, -0.2) is 18.2 Å². The summed E-state index contributed by atoms with van der Waals surface area (Å²) >= 11 is 0. The summed E-state index contributed by atoms with van der Waals surface area (Å²) in [4.78, 5) is 29.0. The van der Waals surface area contributed by atoms with Crippen LogP contribution in [-0.4, -0.2) is 40.7 Å². The second kappa shape index (κ2) is 12.0. The first-order chi connectivity index (χ1) is 20.1. The van der Waals surface area contributed by atoms with Gasteiger partial charge in [0, 0.05) is 17.8 Å². The third-order valence-corrected chi connectivity index (χ3v) is 8.93. The second-order valence-electron chi connectivity index (χ2n) is 10.2. The van der Waals surface area contributed by atoms with Crippen LogP contribution in [-0.2, 0) is 34.0 Å². The van der Waals surface area contributed by atoms with Crippen LogP contribution in [0.1, 0.15) is 34.0 Å². The monoisotopic (exact) mass is 581 g/mol. The van der Waals surface area contributed by atoms with E-state index < -0.39 is 15.8 Å². The van der Waals surface area contributed by atoms with Crippen molar-refractivity contribution in [2.45, 2.75) is 38.1 Å². The van der Waals surface area contributed by atoms with Crippen LogP contribution >= 0.6 is 0 Å². The molecule has 0 unspecified atom stereocenters. The molecule has 0 saturated heterocycles. The minimum Gasteiger partial charge on any atom is -0.478 e. The van der Waals surface area contributed by atoms with E-state index in [4.69, 9.17) is 4.98 Å². The summed E-state index contributed by atoms with van der Waals surface area (Å²) < 4.78 is 26.2. The molecule has 9 heteroatoms. The zero-order chi connectivity index (χ0) is 29.9. The molecule has 42 heavy (non-hydrogen) atoms. The molecule has 2 N–H and O–H groups in total. The Kier molecular flexibility index (Phi) is 8.22. The van der Waals surface area contributed by atoms with Crippen LogP contribution in [0.25, 0.3) is 22.4 Å². The minimum absolute atomic E-state index is 0.0289. The molecular weight excluding hydrogens is 550 g/mol. The third kappa shape index (κ3) is 6.42. The lowest BCUT2D eigenvalue weighted by atomic mass is 10.1. The quantitative estimate of drug-likeness (QED) is 0.211. The van der Waals surface area contributed by atoms with Crippen LogP contribution in [0.4, 0.5) is 5.69 Å². The highest BCUT2D eigenvalue weighted by atomic mass is 32.2. The van der Waals surface area contributed by atoms with Crippen molar-refractivity contribution in [3.8, 4) is 11.4 Å². The Bertz CT molecular complexity index is 1860. The molecule has 0 atom stereocenters. The molecule has 5 aromatic rings. The Morgan fingerprint density at radius 2 is 1.55 bits per heavy atom. The number of fused-ring (bicyclic) bond motifs is 1. The van der Waals surface area contributed by atoms with Gasteiger partial charge in [-0.1, -0.05) is 37.3 Å². The first-order valence-corrected chi connectivity index (χ1v) is 15.3. The van der Waals surface area contributed by atoms with Crippen molar-refractivity contribution >= 4 is 38.4 Å². The van der Waals surface area contributed by atoms with Crippen LogP contribution in [0.2, 0.25) is 0 Å². The number of aromatic nitrogens is 2. The fourth-order valence-corrected chi connectivity index (χ4v) is 5.69. The predicted octanol–water partition coefficient (Wildman–Crippen LogP) is 5.93. The fraction of sp³-hybridized carbons (Fsp3) is 0.182. The van der Waals surface area contributed by atoms with Gasteiger partial charge < -0.3 is 15.0 Å². The number of imidazole rings is 1. The average molecular weight is 582 g/mol. The summed E-state index contributed by atoms with van der Waals surface area (Å²) in [5.41, 5.74) is 6.58. The van der Waals surface area contributed by atoms with E-state index in [0.29, 0.717) is 18.7 Å². The van der Waals surface area contributed by atoms with E-state index in [1.165, 1.54) is 12.1 Å². The Labute approximate surface area is 244 Å². The van der Waals surface area contributed by atoms with Gasteiger partial charge in [0.15, 0.2) is 9.84 Å². The number of carboxylic acid groups (broad SMARTS) is 1. The number of amides is 1. The number of carboxylic acids is 1. The lowest BCUT2D eigenvalue weighted by Gasteiger charge is -2.11. The Morgan fingerprint density at radius 1 is 0.881 bits per heavy atom. The van der Waals surface area contributed by atoms with E-state index in [1.807, 2.05) is 55.5 Å². The van der Waals surface area contributed by atoms with Crippen molar-refractivity contribution in [2.24, 2.45) is 0 Å². The van der Waals surface area contributed by atoms with Gasteiger partial charge in [0.25, 0.3) is 0 Å². The number of rotatable bonds is 10. The molecule has 0 aliphatic heterocycles. The number of carbonyl (C=O) groups is 2. The smallest absolute Gasteiger partial charge is 0.335 e. The Balaban J connectivity index is 1.32. The van der Waals surface area contributed by atoms with Gasteiger partial charge in [-0.15, -0.1) is 0 Å². The largest absolute Gasteiger partial charge is 0.478 e. The second-order valence-corrected chi connectivity index (χ2v) is 12.5. The Hall–Kier alpha value is -4.76. The Morgan fingerprint density at radius 3 is 2.19 bits per heavy atom. The molecule has 0 radical (unpaired) electrons. The molecule has 8 nitrogen and oxygen atoms in total. The van der Waals surface area contributed by atoms with E-state index in [2.05, 4.69) is 16.0 Å². The number of benzene rings is 4. The van der Waals surface area contributed by atoms with Crippen LogP contribution < -0.4 is 5.32 Å². The molecule has 0 aliphatic rings. The molecular formula is C33H31N3O5S. The summed E-state index contributed by atoms with van der Waals surface area (Å²) in [6.07, 6.45) is 0.822. The highest BCUT2D eigenvalue weighted by Gasteiger charge is 2.15. The van der Waals surface area contributed by atoms with Gasteiger partial charge in [0.1, 0.15) is 5.82 Å². The topological polar surface area (TPSA) is 118 Å². The van der Waals surface area contributed by atoms with Crippen LogP contribution in [0.3, 0.4) is 0 Å². The summed E-state index contributed by atoms with van der Waals surface area (Å²) in [5.74, 6) is -0.317. The third-order valence-electron chi connectivity index (χ3n) is 7.18. The highest BCUT2D eigenvalue weighted by Crippen LogP contribution is 2.27. The first kappa shape index (κ1) is 28.8. The van der Waals surface area contributed by atoms with Crippen LogP contribution in [0, 0.1) is 6.92 Å². The molecule has 214 valence electrons. The standard InChI is InChI=1S/C33H31N3O5S/c1-3-42(40,41)28-15-7-24(8-16-28)21-31(37)34-27-13-11-25(12-14-27)32-35-29-17-4-22(2)20-30(29)36(32)19-18-23-5-9-26(10-6-23)33(38)39/h4-17,20H,3,18-19,21H2,1-2H3,(H,34,37)(H,38,39). The number of aromatic carboxylic acids is 1. The molecule has 0 saturated carbocycles. The number of nitrogens with one attached hydrogen (secondary N) is 1. The molecule has 1 amide bonds. The van der Waals surface area contributed by atoms with E-state index in [9.17, 15) is 23.1 Å². The normalized spacial score (nSPS) is 11.5. The van der Waals surface area contributed by atoms with Gasteiger partial charge in [0.2, 0.25) is 5.91 Å². The molecule has 1 aromatic heterocycles. The van der Waals surface area contributed by atoms with E-state index >= 15 is 0 Å². The maximum absolute atomic E-state index is 12.7. The molecule has 1 heterocycles. The summed E-state index contributed by atoms with van der Waals surface area (Å²) in [7, 11) is -3.28. The van der Waals surface area contributed by atoms with E-state index in [0.717, 1.165) is 39.1 Å². The van der Waals surface area contributed by atoms with Gasteiger partial charge in [-0.05, 0) is 90.7 Å². The number of hydrogen-bond acceptors (Lipinski definition) is 5. The summed E-state index contributed by atoms with van der Waals surface area (Å²) in [6, 6.07) is 27.0. The van der Waals surface area contributed by atoms with Crippen LogP contribution in [0.15, 0.2) is 95.9 Å². The lowest BCUT2D eigenvalue weighted by Crippen LogP contribution is -2.14. The summed E-state index contributed by atoms with van der Waals surface area (Å²) in [5, 5.41) is 12.1. The van der Waals surface area contributed by atoms with Crippen LogP contribution in [0.5, 0.6) is 0 Å². The molecule has 0 fully saturated rings. The zero-order valence-electron chi connectivity index (χ0n) is 23.4. The fourth-order valence-electron chi connectivity index (χ4n) is 4.81. The number of sulfone groups is 1. The van der Waals surface area contributed by atoms with Crippen molar-refractivity contribution in [3.05, 3.63) is 113 Å². The number of anilines is 1. The number of nitrogens with zero attached hydrogens (tertiary/aromatic N) is 2. The lowest BCUT2D eigenvalue weighted by molar-refractivity contribution is -0.115. The van der Waals surface area contributed by atoms with E-state index in [-0.39, 0.29) is 28.5 Å². The molecule has 0 aliphatic carbocycles. The summed E-state index contributed by atoms with van der Waals surface area (Å²) in [6.45, 7) is 4.29. The van der Waals surface area contributed by atoms with Gasteiger partial charge >= 0.3 is 5.97 Å². The number of aryl methyl sites for hydroxylation is 3. The number of carbonyl (C=O) groups excluding carboxylic acids is 1. The van der Waals surface area contributed by atoms with Crippen molar-refractivity contribution in [3.63, 3.8) is 0 Å². The SMILES string of the molecule is CCS(=O)(=O)c1ccc(CC(=O)Nc2ccc(-c3nc4ccc(C)cc4n3CCc3ccc(C(=O)O)cc3)cc2)cc1. The molecule has 0 spiro atoms. The average Bonchev–Trinajstić information content (AvgIpc) is 3.34. The van der Waals surface area contributed by atoms with Gasteiger partial charge in [0.05, 0.1) is 33.7 Å². The van der Waals surface area contributed by atoms with Gasteiger partial charge in [-0.3, -0.25) is 4.79 Å². The van der Waals surface area contributed by atoms with Crippen molar-refractivity contribution < 1.29 is 23.1 Å². The van der Waals surface area contributed by atoms with Gasteiger partial charge in [-0.2, -0.15) is 0 Å². The predicted molar refractivity (Wildman–Crippen MR) is 164 cm³/mol. The van der Waals surface area contributed by atoms with Crippen molar-refractivity contribution in [2.75, 3.05) is 11.1 Å². The maximum atomic E-state index is 12.7.